The Morgan fingerprint density at radius 2 is 2.08 bits per heavy atom. The second-order valence-electron chi connectivity index (χ2n) is 5.84. The zero-order chi connectivity index (χ0) is 16.7. The first-order valence-corrected chi connectivity index (χ1v) is 9.26. The average Bonchev–Trinajstić information content (AvgIpc) is 3.29. The molecule has 24 heavy (non-hydrogen) atoms. The fourth-order valence-corrected chi connectivity index (χ4v) is 4.27. The Morgan fingerprint density at radius 3 is 2.83 bits per heavy atom. The standard InChI is InChI=1S/C18H15BrN2O2S/c1-23-12-5-2-10(3-6-12)13-9-14(13)17(22)21-18-20-15-7-4-11(19)8-16(15)24-18/h2-8,13-14H,9H2,1H3,(H,20,21,22)/t13-,14+/m0/s1. The molecule has 2 atom stereocenters. The van der Waals surface area contributed by atoms with Gasteiger partial charge < -0.3 is 10.1 Å². The zero-order valence-corrected chi connectivity index (χ0v) is 15.4. The van der Waals surface area contributed by atoms with Crippen LogP contribution in [-0.2, 0) is 4.79 Å². The van der Waals surface area contributed by atoms with Gasteiger partial charge in [0, 0.05) is 10.4 Å². The number of carbonyl (C=O) groups is 1. The number of methoxy groups -OCH3 is 1. The van der Waals surface area contributed by atoms with Crippen LogP contribution in [0.15, 0.2) is 46.9 Å². The van der Waals surface area contributed by atoms with E-state index in [0.717, 1.165) is 26.9 Å². The second kappa shape index (κ2) is 6.18. The summed E-state index contributed by atoms with van der Waals surface area (Å²) in [5.74, 6) is 1.20. The Morgan fingerprint density at radius 1 is 1.29 bits per heavy atom. The van der Waals surface area contributed by atoms with E-state index in [-0.39, 0.29) is 11.8 Å². The van der Waals surface area contributed by atoms with Gasteiger partial charge in [-0.2, -0.15) is 0 Å². The Bertz CT molecular complexity index is 907. The first-order valence-electron chi connectivity index (χ1n) is 7.65. The molecule has 4 rings (SSSR count). The number of thiazole rings is 1. The molecular weight excluding hydrogens is 388 g/mol. The lowest BCUT2D eigenvalue weighted by atomic mass is 10.1. The second-order valence-corrected chi connectivity index (χ2v) is 7.79. The molecule has 0 saturated heterocycles. The van der Waals surface area contributed by atoms with Crippen LogP contribution in [0.1, 0.15) is 17.9 Å². The number of halogens is 1. The maximum absolute atomic E-state index is 12.4. The van der Waals surface area contributed by atoms with Crippen LogP contribution in [0.5, 0.6) is 5.75 Å². The summed E-state index contributed by atoms with van der Waals surface area (Å²) in [4.78, 5) is 16.9. The van der Waals surface area contributed by atoms with Crippen LogP contribution in [-0.4, -0.2) is 18.0 Å². The predicted molar refractivity (Wildman–Crippen MR) is 99.8 cm³/mol. The molecule has 0 unspecified atom stereocenters. The van der Waals surface area contributed by atoms with Crippen LogP contribution in [0, 0.1) is 5.92 Å². The fourth-order valence-electron chi connectivity index (χ4n) is 2.85. The van der Waals surface area contributed by atoms with Crippen LogP contribution in [0.2, 0.25) is 0 Å². The molecule has 1 aliphatic rings. The number of nitrogens with one attached hydrogen (secondary N) is 1. The van der Waals surface area contributed by atoms with Crippen LogP contribution in [0.25, 0.3) is 10.2 Å². The lowest BCUT2D eigenvalue weighted by Gasteiger charge is -2.03. The lowest BCUT2D eigenvalue weighted by molar-refractivity contribution is -0.117. The van der Waals surface area contributed by atoms with Gasteiger partial charge in [0.25, 0.3) is 0 Å². The Kier molecular flexibility index (Phi) is 4.02. The van der Waals surface area contributed by atoms with Crippen molar-refractivity contribution in [1.82, 2.24) is 4.98 Å². The predicted octanol–water partition coefficient (Wildman–Crippen LogP) is 4.81. The molecule has 1 aliphatic carbocycles. The molecule has 1 N–H and O–H groups in total. The summed E-state index contributed by atoms with van der Waals surface area (Å²) in [7, 11) is 1.65. The van der Waals surface area contributed by atoms with Gasteiger partial charge in [-0.15, -0.1) is 0 Å². The Labute approximate surface area is 152 Å². The number of amides is 1. The van der Waals surface area contributed by atoms with Gasteiger partial charge in [0.15, 0.2) is 5.13 Å². The van der Waals surface area contributed by atoms with Crippen molar-refractivity contribution in [3.05, 3.63) is 52.5 Å². The first-order chi connectivity index (χ1) is 11.6. The largest absolute Gasteiger partial charge is 0.497 e. The van der Waals surface area contributed by atoms with Gasteiger partial charge in [-0.25, -0.2) is 4.98 Å². The number of ether oxygens (including phenoxy) is 1. The molecule has 6 heteroatoms. The summed E-state index contributed by atoms with van der Waals surface area (Å²) in [6, 6.07) is 13.9. The maximum atomic E-state index is 12.4. The Hall–Kier alpha value is -1.92. The van der Waals surface area contributed by atoms with Gasteiger partial charge in [-0.1, -0.05) is 39.4 Å². The number of fused-ring (bicyclic) bond motifs is 1. The minimum absolute atomic E-state index is 0.0251. The van der Waals surface area contributed by atoms with Crippen molar-refractivity contribution in [2.24, 2.45) is 5.92 Å². The third kappa shape index (κ3) is 3.03. The summed E-state index contributed by atoms with van der Waals surface area (Å²) in [6.07, 6.45) is 0.884. The van der Waals surface area contributed by atoms with E-state index in [9.17, 15) is 4.79 Å². The number of nitrogens with zero attached hydrogens (tertiary/aromatic N) is 1. The summed E-state index contributed by atoms with van der Waals surface area (Å²) >= 11 is 4.95. The van der Waals surface area contributed by atoms with Crippen LogP contribution in [0.3, 0.4) is 0 Å². The van der Waals surface area contributed by atoms with Gasteiger partial charge in [-0.05, 0) is 48.2 Å². The summed E-state index contributed by atoms with van der Waals surface area (Å²) in [5.41, 5.74) is 2.09. The van der Waals surface area contributed by atoms with Crippen molar-refractivity contribution in [2.45, 2.75) is 12.3 Å². The van der Waals surface area contributed by atoms with Gasteiger partial charge in [0.05, 0.1) is 17.3 Å². The molecule has 122 valence electrons. The fraction of sp³-hybridized carbons (Fsp3) is 0.222. The lowest BCUT2D eigenvalue weighted by Crippen LogP contribution is -2.14. The summed E-state index contributed by atoms with van der Waals surface area (Å²) in [5, 5.41) is 3.62. The van der Waals surface area contributed by atoms with Gasteiger partial charge >= 0.3 is 0 Å². The Balaban J connectivity index is 1.44. The van der Waals surface area contributed by atoms with Crippen molar-refractivity contribution in [3.8, 4) is 5.75 Å². The van der Waals surface area contributed by atoms with Crippen LogP contribution in [0.4, 0.5) is 5.13 Å². The number of hydrogen-bond acceptors (Lipinski definition) is 4. The molecule has 4 nitrogen and oxygen atoms in total. The molecule has 1 saturated carbocycles. The quantitative estimate of drug-likeness (QED) is 0.680. The van der Waals surface area contributed by atoms with E-state index < -0.39 is 0 Å². The molecule has 3 aromatic rings. The zero-order valence-electron chi connectivity index (χ0n) is 13.0. The van der Waals surface area contributed by atoms with Gasteiger partial charge in [-0.3, -0.25) is 4.79 Å². The van der Waals surface area contributed by atoms with Crippen molar-refractivity contribution in [1.29, 1.82) is 0 Å². The van der Waals surface area contributed by atoms with E-state index in [1.54, 1.807) is 7.11 Å². The molecule has 0 bridgehead atoms. The topological polar surface area (TPSA) is 51.2 Å². The monoisotopic (exact) mass is 402 g/mol. The SMILES string of the molecule is COc1ccc([C@@H]2C[C@H]2C(=O)Nc2nc3ccc(Br)cc3s2)cc1. The van der Waals surface area contributed by atoms with E-state index >= 15 is 0 Å². The number of rotatable bonds is 4. The smallest absolute Gasteiger partial charge is 0.229 e. The van der Waals surface area contributed by atoms with Gasteiger partial charge in [0.1, 0.15) is 5.75 Å². The molecule has 0 radical (unpaired) electrons. The number of hydrogen-bond donors (Lipinski definition) is 1. The van der Waals surface area contributed by atoms with Gasteiger partial charge in [0.2, 0.25) is 5.91 Å². The number of benzene rings is 2. The summed E-state index contributed by atoms with van der Waals surface area (Å²) in [6.45, 7) is 0. The first kappa shape index (κ1) is 15.6. The molecule has 1 fully saturated rings. The normalized spacial score (nSPS) is 19.2. The van der Waals surface area contributed by atoms with Crippen molar-refractivity contribution >= 4 is 48.5 Å². The molecule has 1 aromatic heterocycles. The van der Waals surface area contributed by atoms with E-state index in [4.69, 9.17) is 4.74 Å². The molecule has 2 aromatic carbocycles. The van der Waals surface area contributed by atoms with E-state index in [1.165, 1.54) is 16.9 Å². The minimum Gasteiger partial charge on any atom is -0.497 e. The van der Waals surface area contributed by atoms with Crippen LogP contribution < -0.4 is 10.1 Å². The molecule has 0 spiro atoms. The number of carbonyl (C=O) groups excluding carboxylic acids is 1. The molecular formula is C18H15BrN2O2S. The maximum Gasteiger partial charge on any atom is 0.229 e. The third-order valence-corrected chi connectivity index (χ3v) is 5.68. The van der Waals surface area contributed by atoms with E-state index in [2.05, 4.69) is 26.2 Å². The number of aromatic nitrogens is 1. The molecule has 0 aliphatic heterocycles. The van der Waals surface area contributed by atoms with Crippen LogP contribution >= 0.6 is 27.3 Å². The van der Waals surface area contributed by atoms with Crippen molar-refractivity contribution in [2.75, 3.05) is 12.4 Å². The van der Waals surface area contributed by atoms with E-state index in [1.807, 2.05) is 42.5 Å². The molecule has 1 heterocycles. The van der Waals surface area contributed by atoms with Crippen molar-refractivity contribution in [3.63, 3.8) is 0 Å². The van der Waals surface area contributed by atoms with Crippen molar-refractivity contribution < 1.29 is 9.53 Å². The average molecular weight is 403 g/mol. The third-order valence-electron chi connectivity index (χ3n) is 4.25. The summed E-state index contributed by atoms with van der Waals surface area (Å²) < 4.78 is 7.24. The highest BCUT2D eigenvalue weighted by Gasteiger charge is 2.44. The minimum atomic E-state index is 0.0251. The highest BCUT2D eigenvalue weighted by molar-refractivity contribution is 9.10. The number of anilines is 1. The highest BCUT2D eigenvalue weighted by Crippen LogP contribution is 2.48. The molecule has 1 amide bonds. The van der Waals surface area contributed by atoms with E-state index in [0.29, 0.717) is 11.0 Å². The highest BCUT2D eigenvalue weighted by atomic mass is 79.9.